The summed E-state index contributed by atoms with van der Waals surface area (Å²) in [5.74, 6) is 0.0751. The quantitative estimate of drug-likeness (QED) is 0.660. The number of hydrogen-bond donors (Lipinski definition) is 2. The third-order valence-electron chi connectivity index (χ3n) is 3.55. The molecule has 0 fully saturated rings. The van der Waals surface area contributed by atoms with Crippen molar-refractivity contribution in [3.8, 4) is 5.69 Å². The molecule has 0 unspecified atom stereocenters. The standard InChI is InChI=1S/C14H15BrN4/c15-11-7-9(5-6-10(11)14(16)17)19-8-18-12-3-1-2-4-13(12)19/h5-8H,1-4H2,(H3,16,17). The fourth-order valence-electron chi connectivity index (χ4n) is 2.56. The molecule has 0 spiro atoms. The van der Waals surface area contributed by atoms with E-state index in [1.54, 1.807) is 0 Å². The number of nitrogens with two attached hydrogens (primary N) is 1. The average Bonchev–Trinajstić information content (AvgIpc) is 2.82. The van der Waals surface area contributed by atoms with Crippen LogP contribution < -0.4 is 5.73 Å². The number of rotatable bonds is 2. The highest BCUT2D eigenvalue weighted by Gasteiger charge is 2.16. The lowest BCUT2D eigenvalue weighted by Crippen LogP contribution is -2.12. The minimum Gasteiger partial charge on any atom is -0.384 e. The molecule has 98 valence electrons. The Morgan fingerprint density at radius 3 is 2.84 bits per heavy atom. The van der Waals surface area contributed by atoms with Gasteiger partial charge in [-0.15, -0.1) is 0 Å². The van der Waals surface area contributed by atoms with Gasteiger partial charge in [-0.3, -0.25) is 5.41 Å². The molecule has 2 aromatic rings. The van der Waals surface area contributed by atoms with Gasteiger partial charge in [0.05, 0.1) is 12.0 Å². The summed E-state index contributed by atoms with van der Waals surface area (Å²) < 4.78 is 2.99. The van der Waals surface area contributed by atoms with E-state index in [2.05, 4.69) is 25.5 Å². The van der Waals surface area contributed by atoms with Crippen LogP contribution in [0.1, 0.15) is 29.8 Å². The molecule has 0 aliphatic heterocycles. The number of amidine groups is 1. The van der Waals surface area contributed by atoms with Gasteiger partial charge >= 0.3 is 0 Å². The van der Waals surface area contributed by atoms with Crippen LogP contribution in [0.4, 0.5) is 0 Å². The lowest BCUT2D eigenvalue weighted by Gasteiger charge is -2.14. The number of fused-ring (bicyclic) bond motifs is 1. The zero-order valence-corrected chi connectivity index (χ0v) is 12.1. The van der Waals surface area contributed by atoms with E-state index in [9.17, 15) is 0 Å². The Bertz CT molecular complexity index is 645. The number of halogens is 1. The lowest BCUT2D eigenvalue weighted by molar-refractivity contribution is 0.656. The highest BCUT2D eigenvalue weighted by Crippen LogP contribution is 2.26. The molecule has 0 atom stereocenters. The molecule has 1 aliphatic carbocycles. The van der Waals surface area contributed by atoms with Crippen LogP contribution in [0.2, 0.25) is 0 Å². The topological polar surface area (TPSA) is 67.7 Å². The number of aryl methyl sites for hydroxylation is 1. The lowest BCUT2D eigenvalue weighted by atomic mass is 10.0. The fraction of sp³-hybridized carbons (Fsp3) is 0.286. The maximum absolute atomic E-state index is 7.50. The molecule has 1 aromatic heterocycles. The van der Waals surface area contributed by atoms with Crippen molar-refractivity contribution < 1.29 is 0 Å². The zero-order valence-electron chi connectivity index (χ0n) is 10.5. The van der Waals surface area contributed by atoms with Crippen molar-refractivity contribution in [1.82, 2.24) is 9.55 Å². The van der Waals surface area contributed by atoms with Crippen LogP contribution in [-0.4, -0.2) is 15.4 Å². The minimum atomic E-state index is 0.0751. The van der Waals surface area contributed by atoms with Gasteiger partial charge in [0.15, 0.2) is 0 Å². The summed E-state index contributed by atoms with van der Waals surface area (Å²) in [6.45, 7) is 0. The second-order valence-electron chi connectivity index (χ2n) is 4.79. The number of hydrogen-bond acceptors (Lipinski definition) is 2. The molecule has 0 amide bonds. The fourth-order valence-corrected chi connectivity index (χ4v) is 3.14. The first-order valence-corrected chi connectivity index (χ1v) is 7.15. The van der Waals surface area contributed by atoms with Crippen LogP contribution >= 0.6 is 15.9 Å². The van der Waals surface area contributed by atoms with Gasteiger partial charge < -0.3 is 10.3 Å². The molecule has 1 aromatic carbocycles. The molecule has 1 aliphatic rings. The van der Waals surface area contributed by atoms with E-state index >= 15 is 0 Å². The first-order chi connectivity index (χ1) is 9.16. The molecular weight excluding hydrogens is 304 g/mol. The van der Waals surface area contributed by atoms with Gasteiger partial charge in [-0.1, -0.05) is 0 Å². The van der Waals surface area contributed by atoms with E-state index < -0.39 is 0 Å². The number of nitrogens with zero attached hydrogens (tertiary/aromatic N) is 2. The van der Waals surface area contributed by atoms with E-state index in [1.807, 2.05) is 24.5 Å². The van der Waals surface area contributed by atoms with Gasteiger partial charge in [-0.25, -0.2) is 4.98 Å². The van der Waals surface area contributed by atoms with E-state index in [-0.39, 0.29) is 5.84 Å². The van der Waals surface area contributed by atoms with Crippen molar-refractivity contribution in [3.05, 3.63) is 46.0 Å². The molecule has 1 heterocycles. The summed E-state index contributed by atoms with van der Waals surface area (Å²) in [5.41, 5.74) is 9.84. The number of aromatic nitrogens is 2. The van der Waals surface area contributed by atoms with E-state index in [4.69, 9.17) is 11.1 Å². The SMILES string of the molecule is N=C(N)c1ccc(-n2cnc3c2CCCC3)cc1Br. The Kier molecular flexibility index (Phi) is 3.14. The predicted molar refractivity (Wildman–Crippen MR) is 78.9 cm³/mol. The largest absolute Gasteiger partial charge is 0.384 e. The molecule has 3 N–H and O–H groups in total. The maximum Gasteiger partial charge on any atom is 0.123 e. The van der Waals surface area contributed by atoms with Crippen LogP contribution in [0.15, 0.2) is 29.0 Å². The van der Waals surface area contributed by atoms with Crippen LogP contribution in [0.25, 0.3) is 5.69 Å². The number of nitrogen functional groups attached to an aromatic ring is 1. The second-order valence-corrected chi connectivity index (χ2v) is 5.65. The molecule has 0 radical (unpaired) electrons. The molecule has 0 bridgehead atoms. The predicted octanol–water partition coefficient (Wildman–Crippen LogP) is 2.80. The Morgan fingerprint density at radius 2 is 2.11 bits per heavy atom. The van der Waals surface area contributed by atoms with Gasteiger partial charge in [0, 0.05) is 21.4 Å². The van der Waals surface area contributed by atoms with Gasteiger partial charge in [0.25, 0.3) is 0 Å². The Morgan fingerprint density at radius 1 is 1.32 bits per heavy atom. The highest BCUT2D eigenvalue weighted by molar-refractivity contribution is 9.10. The maximum atomic E-state index is 7.50. The van der Waals surface area contributed by atoms with Crippen molar-refractivity contribution in [2.24, 2.45) is 5.73 Å². The Balaban J connectivity index is 2.05. The first-order valence-electron chi connectivity index (χ1n) is 6.36. The van der Waals surface area contributed by atoms with Crippen molar-refractivity contribution in [2.75, 3.05) is 0 Å². The normalized spacial score (nSPS) is 14.2. The van der Waals surface area contributed by atoms with Crippen molar-refractivity contribution in [1.29, 1.82) is 5.41 Å². The molecule has 4 nitrogen and oxygen atoms in total. The van der Waals surface area contributed by atoms with Crippen molar-refractivity contribution in [2.45, 2.75) is 25.7 Å². The van der Waals surface area contributed by atoms with Gasteiger partial charge in [-0.2, -0.15) is 0 Å². The third-order valence-corrected chi connectivity index (χ3v) is 4.21. The number of benzene rings is 1. The summed E-state index contributed by atoms with van der Waals surface area (Å²) in [6, 6.07) is 5.85. The number of imidazole rings is 1. The van der Waals surface area contributed by atoms with Crippen LogP contribution in [0.5, 0.6) is 0 Å². The van der Waals surface area contributed by atoms with E-state index in [0.717, 1.165) is 28.6 Å². The van der Waals surface area contributed by atoms with Crippen LogP contribution in [-0.2, 0) is 12.8 Å². The summed E-state index contributed by atoms with van der Waals surface area (Å²) in [4.78, 5) is 4.50. The molecule has 0 saturated carbocycles. The molecular formula is C14H15BrN4. The van der Waals surface area contributed by atoms with Crippen molar-refractivity contribution >= 4 is 21.8 Å². The van der Waals surface area contributed by atoms with Crippen molar-refractivity contribution in [3.63, 3.8) is 0 Å². The van der Waals surface area contributed by atoms with Gasteiger partial charge in [0.2, 0.25) is 0 Å². The summed E-state index contributed by atoms with van der Waals surface area (Å²) in [6.07, 6.45) is 6.52. The monoisotopic (exact) mass is 318 g/mol. The molecule has 19 heavy (non-hydrogen) atoms. The third kappa shape index (κ3) is 2.18. The van der Waals surface area contributed by atoms with Crippen LogP contribution in [0, 0.1) is 5.41 Å². The van der Waals surface area contributed by atoms with Crippen LogP contribution in [0.3, 0.4) is 0 Å². The molecule has 5 heteroatoms. The minimum absolute atomic E-state index is 0.0751. The van der Waals surface area contributed by atoms with E-state index in [0.29, 0.717) is 0 Å². The molecule has 3 rings (SSSR count). The Hall–Kier alpha value is -1.62. The van der Waals surface area contributed by atoms with Gasteiger partial charge in [0.1, 0.15) is 5.84 Å². The average molecular weight is 319 g/mol. The Labute approximate surface area is 120 Å². The number of nitrogens with one attached hydrogen (secondary N) is 1. The summed E-state index contributed by atoms with van der Waals surface area (Å²) in [5, 5.41) is 7.50. The summed E-state index contributed by atoms with van der Waals surface area (Å²) in [7, 11) is 0. The first kappa shape index (κ1) is 12.4. The highest BCUT2D eigenvalue weighted by atomic mass is 79.9. The van der Waals surface area contributed by atoms with Gasteiger partial charge in [-0.05, 0) is 59.8 Å². The second kappa shape index (κ2) is 4.81. The molecule has 0 saturated heterocycles. The summed E-state index contributed by atoms with van der Waals surface area (Å²) >= 11 is 3.47. The smallest absolute Gasteiger partial charge is 0.123 e. The zero-order chi connectivity index (χ0) is 13.4. The van der Waals surface area contributed by atoms with E-state index in [1.165, 1.54) is 24.2 Å².